The fourth-order valence-corrected chi connectivity index (χ4v) is 2.69. The summed E-state index contributed by atoms with van der Waals surface area (Å²) in [4.78, 5) is 30.2. The minimum atomic E-state index is -1.22. The lowest BCUT2D eigenvalue weighted by molar-refractivity contribution is -0.121. The Morgan fingerprint density at radius 2 is 2.08 bits per heavy atom. The van der Waals surface area contributed by atoms with Gasteiger partial charge in [-0.1, -0.05) is 6.07 Å². The van der Waals surface area contributed by atoms with Crippen LogP contribution >= 0.6 is 0 Å². The van der Waals surface area contributed by atoms with Gasteiger partial charge in [-0.05, 0) is 37.1 Å². The number of piperidine rings is 1. The summed E-state index contributed by atoms with van der Waals surface area (Å²) < 4.78 is 26.9. The fourth-order valence-electron chi connectivity index (χ4n) is 2.69. The van der Waals surface area contributed by atoms with E-state index in [0.717, 1.165) is 6.07 Å². The van der Waals surface area contributed by atoms with Gasteiger partial charge in [0.1, 0.15) is 6.04 Å². The zero-order chi connectivity index (χ0) is 17.1. The molecule has 1 fully saturated rings. The molecule has 1 atom stereocenters. The average Bonchev–Trinajstić information content (AvgIpc) is 2.60. The Hall–Kier alpha value is -2.83. The number of carbonyl (C=O) groups excluding carboxylic acids is 2. The monoisotopic (exact) mass is 331 g/mol. The van der Waals surface area contributed by atoms with Crippen LogP contribution in [0.25, 0.3) is 0 Å². The van der Waals surface area contributed by atoms with Crippen molar-refractivity contribution in [1.29, 1.82) is 0 Å². The van der Waals surface area contributed by atoms with Crippen molar-refractivity contribution in [3.63, 3.8) is 0 Å². The number of amides is 2. The predicted octanol–water partition coefficient (Wildman–Crippen LogP) is 2.29. The number of rotatable bonds is 3. The molecule has 2 aromatic rings. The van der Waals surface area contributed by atoms with E-state index < -0.39 is 29.1 Å². The third-order valence-corrected chi connectivity index (χ3v) is 3.90. The summed E-state index contributed by atoms with van der Waals surface area (Å²) in [6.45, 7) is 0.519. The number of nitrogens with one attached hydrogen (secondary N) is 1. The number of hydrogen-bond donors (Lipinski definition) is 1. The Morgan fingerprint density at radius 3 is 2.83 bits per heavy atom. The molecule has 2 heterocycles. The molecule has 0 bridgehead atoms. The average molecular weight is 331 g/mol. The minimum absolute atomic E-state index is 0.292. The second-order valence-corrected chi connectivity index (χ2v) is 5.47. The summed E-state index contributed by atoms with van der Waals surface area (Å²) in [6.07, 6.45) is 4.29. The van der Waals surface area contributed by atoms with Gasteiger partial charge in [-0.3, -0.25) is 14.6 Å². The number of halogens is 2. The first-order valence-electron chi connectivity index (χ1n) is 7.54. The molecule has 0 aliphatic carbocycles. The molecule has 1 unspecified atom stereocenters. The molecule has 5 nitrogen and oxygen atoms in total. The standard InChI is InChI=1S/C17H15F2N3O2/c18-13-6-1-5-12(15(13)19)16(23)21-14-7-3-9-22(17(14)24)11-4-2-8-20-10-11/h1-2,4-6,8,10,14H,3,7,9H2,(H,21,23). The summed E-state index contributed by atoms with van der Waals surface area (Å²) in [7, 11) is 0. The van der Waals surface area contributed by atoms with Crippen LogP contribution in [0.2, 0.25) is 0 Å². The molecular weight excluding hydrogens is 316 g/mol. The van der Waals surface area contributed by atoms with Crippen LogP contribution in [0.15, 0.2) is 42.7 Å². The summed E-state index contributed by atoms with van der Waals surface area (Å²) in [5.74, 6) is -3.42. The number of hydrogen-bond acceptors (Lipinski definition) is 3. The molecule has 1 aromatic heterocycles. The van der Waals surface area contributed by atoms with Crippen LogP contribution in [0, 0.1) is 11.6 Å². The van der Waals surface area contributed by atoms with Crippen molar-refractivity contribution < 1.29 is 18.4 Å². The van der Waals surface area contributed by atoms with Gasteiger partial charge in [0.15, 0.2) is 11.6 Å². The normalized spacial score (nSPS) is 17.7. The van der Waals surface area contributed by atoms with Gasteiger partial charge in [0.2, 0.25) is 5.91 Å². The number of benzene rings is 1. The molecule has 0 radical (unpaired) electrons. The van der Waals surface area contributed by atoms with E-state index in [9.17, 15) is 18.4 Å². The maximum atomic E-state index is 13.7. The maximum Gasteiger partial charge on any atom is 0.255 e. The first-order chi connectivity index (χ1) is 11.6. The van der Waals surface area contributed by atoms with E-state index in [1.165, 1.54) is 17.0 Å². The van der Waals surface area contributed by atoms with Crippen LogP contribution in [0.4, 0.5) is 14.5 Å². The molecule has 3 rings (SSSR count). The molecule has 1 aromatic carbocycles. The number of nitrogens with zero attached hydrogens (tertiary/aromatic N) is 2. The lowest BCUT2D eigenvalue weighted by Crippen LogP contribution is -2.52. The first-order valence-corrected chi connectivity index (χ1v) is 7.54. The Bertz CT molecular complexity index is 768. The summed E-state index contributed by atoms with van der Waals surface area (Å²) in [5.41, 5.74) is 0.222. The molecule has 24 heavy (non-hydrogen) atoms. The fraction of sp³-hybridized carbons (Fsp3) is 0.235. The molecule has 0 spiro atoms. The van der Waals surface area contributed by atoms with Gasteiger partial charge in [0, 0.05) is 12.7 Å². The van der Waals surface area contributed by atoms with Gasteiger partial charge in [-0.15, -0.1) is 0 Å². The number of anilines is 1. The Balaban J connectivity index is 1.76. The molecule has 1 N–H and O–H groups in total. The Labute approximate surface area is 137 Å². The van der Waals surface area contributed by atoms with E-state index in [0.29, 0.717) is 25.1 Å². The lowest BCUT2D eigenvalue weighted by Gasteiger charge is -2.32. The third kappa shape index (κ3) is 3.10. The van der Waals surface area contributed by atoms with Crippen LogP contribution in [0.3, 0.4) is 0 Å². The van der Waals surface area contributed by atoms with Crippen molar-refractivity contribution in [1.82, 2.24) is 10.3 Å². The van der Waals surface area contributed by atoms with Crippen LogP contribution in [-0.2, 0) is 4.79 Å². The summed E-state index contributed by atoms with van der Waals surface area (Å²) in [5, 5.41) is 2.50. The zero-order valence-electron chi connectivity index (χ0n) is 12.7. The molecule has 1 aliphatic heterocycles. The van der Waals surface area contributed by atoms with Crippen LogP contribution < -0.4 is 10.2 Å². The second kappa shape index (κ2) is 6.74. The van der Waals surface area contributed by atoms with Gasteiger partial charge in [-0.25, -0.2) is 8.78 Å². The van der Waals surface area contributed by atoms with Crippen molar-refractivity contribution in [3.05, 3.63) is 59.9 Å². The smallest absolute Gasteiger partial charge is 0.255 e. The highest BCUT2D eigenvalue weighted by molar-refractivity contribution is 6.02. The van der Waals surface area contributed by atoms with E-state index in [-0.39, 0.29) is 5.91 Å². The molecule has 0 saturated carbocycles. The van der Waals surface area contributed by atoms with E-state index in [4.69, 9.17) is 0 Å². The van der Waals surface area contributed by atoms with Crippen molar-refractivity contribution in [2.24, 2.45) is 0 Å². The summed E-state index contributed by atoms with van der Waals surface area (Å²) >= 11 is 0. The quantitative estimate of drug-likeness (QED) is 0.939. The third-order valence-electron chi connectivity index (χ3n) is 3.90. The highest BCUT2D eigenvalue weighted by Crippen LogP contribution is 2.20. The zero-order valence-corrected chi connectivity index (χ0v) is 12.7. The Morgan fingerprint density at radius 1 is 1.25 bits per heavy atom. The van der Waals surface area contributed by atoms with Crippen molar-refractivity contribution in [2.45, 2.75) is 18.9 Å². The maximum absolute atomic E-state index is 13.7. The van der Waals surface area contributed by atoms with Crippen LogP contribution in [0.5, 0.6) is 0 Å². The van der Waals surface area contributed by atoms with Gasteiger partial charge in [0.05, 0.1) is 17.4 Å². The van der Waals surface area contributed by atoms with Gasteiger partial charge in [0.25, 0.3) is 5.91 Å². The largest absolute Gasteiger partial charge is 0.340 e. The highest BCUT2D eigenvalue weighted by Gasteiger charge is 2.31. The number of pyridine rings is 1. The van der Waals surface area contributed by atoms with Gasteiger partial charge >= 0.3 is 0 Å². The summed E-state index contributed by atoms with van der Waals surface area (Å²) in [6, 6.07) is 6.04. The van der Waals surface area contributed by atoms with E-state index >= 15 is 0 Å². The molecular formula is C17H15F2N3O2. The molecule has 1 aliphatic rings. The molecule has 2 amide bonds. The lowest BCUT2D eigenvalue weighted by atomic mass is 10.0. The van der Waals surface area contributed by atoms with Gasteiger partial charge < -0.3 is 10.2 Å². The van der Waals surface area contributed by atoms with E-state index in [2.05, 4.69) is 10.3 Å². The predicted molar refractivity (Wildman–Crippen MR) is 83.4 cm³/mol. The van der Waals surface area contributed by atoms with Crippen molar-refractivity contribution in [3.8, 4) is 0 Å². The highest BCUT2D eigenvalue weighted by atomic mass is 19.2. The second-order valence-electron chi connectivity index (χ2n) is 5.47. The van der Waals surface area contributed by atoms with Crippen molar-refractivity contribution in [2.75, 3.05) is 11.4 Å². The van der Waals surface area contributed by atoms with Gasteiger partial charge in [-0.2, -0.15) is 0 Å². The molecule has 7 heteroatoms. The van der Waals surface area contributed by atoms with E-state index in [1.54, 1.807) is 24.5 Å². The molecule has 1 saturated heterocycles. The SMILES string of the molecule is O=C(NC1CCCN(c2cccnc2)C1=O)c1cccc(F)c1F. The molecule has 124 valence electrons. The first kappa shape index (κ1) is 16.0. The van der Waals surface area contributed by atoms with Crippen LogP contribution in [0.1, 0.15) is 23.2 Å². The van der Waals surface area contributed by atoms with Crippen molar-refractivity contribution >= 4 is 17.5 Å². The van der Waals surface area contributed by atoms with E-state index in [1.807, 2.05) is 0 Å². The topological polar surface area (TPSA) is 62.3 Å². The Kier molecular flexibility index (Phi) is 4.50. The van der Waals surface area contributed by atoms with Crippen LogP contribution in [-0.4, -0.2) is 29.4 Å². The number of carbonyl (C=O) groups is 2. The minimum Gasteiger partial charge on any atom is -0.340 e. The number of aromatic nitrogens is 1.